The lowest BCUT2D eigenvalue weighted by molar-refractivity contribution is 0.384. The lowest BCUT2D eigenvalue weighted by Gasteiger charge is -1.96. The molecule has 0 aromatic carbocycles. The zero-order valence-corrected chi connectivity index (χ0v) is 6.42. The normalized spacial score (nSPS) is 11.9. The van der Waals surface area contributed by atoms with E-state index in [9.17, 15) is 4.57 Å². The maximum absolute atomic E-state index is 10.4. The van der Waals surface area contributed by atoms with Gasteiger partial charge in [0.05, 0.1) is 0 Å². The SMILES string of the molecule is O=P(O)(O)c1ncoc1S. The Balaban J connectivity index is 3.18. The van der Waals surface area contributed by atoms with Gasteiger partial charge in [0.1, 0.15) is 0 Å². The predicted molar refractivity (Wildman–Crippen MR) is 35.4 cm³/mol. The molecule has 0 aliphatic heterocycles. The first-order valence-electron chi connectivity index (χ1n) is 2.20. The minimum absolute atomic E-state index is 0.145. The second-order valence-electron chi connectivity index (χ2n) is 1.53. The van der Waals surface area contributed by atoms with E-state index in [0.717, 1.165) is 6.39 Å². The van der Waals surface area contributed by atoms with E-state index < -0.39 is 13.0 Å². The number of aromatic nitrogens is 1. The van der Waals surface area contributed by atoms with Crippen LogP contribution in [0, 0.1) is 0 Å². The van der Waals surface area contributed by atoms with Crippen molar-refractivity contribution in [3.05, 3.63) is 6.39 Å². The summed E-state index contributed by atoms with van der Waals surface area (Å²) in [6.07, 6.45) is 0.927. The van der Waals surface area contributed by atoms with E-state index in [-0.39, 0.29) is 5.09 Å². The molecule has 1 heterocycles. The third kappa shape index (κ3) is 1.41. The van der Waals surface area contributed by atoms with Crippen molar-refractivity contribution in [2.45, 2.75) is 5.09 Å². The number of hydrogen-bond acceptors (Lipinski definition) is 4. The molecule has 0 aliphatic rings. The molecule has 0 saturated carbocycles. The van der Waals surface area contributed by atoms with E-state index in [1.165, 1.54) is 0 Å². The lowest BCUT2D eigenvalue weighted by atomic mass is 11.0. The molecule has 1 aromatic heterocycles. The minimum atomic E-state index is -4.29. The summed E-state index contributed by atoms with van der Waals surface area (Å²) in [7, 11) is -4.29. The van der Waals surface area contributed by atoms with Gasteiger partial charge >= 0.3 is 7.60 Å². The van der Waals surface area contributed by atoms with Crippen LogP contribution in [-0.4, -0.2) is 14.8 Å². The van der Waals surface area contributed by atoms with Crippen LogP contribution in [-0.2, 0) is 4.57 Å². The van der Waals surface area contributed by atoms with E-state index >= 15 is 0 Å². The summed E-state index contributed by atoms with van der Waals surface area (Å²) in [4.78, 5) is 20.3. The molecule has 10 heavy (non-hydrogen) atoms. The lowest BCUT2D eigenvalue weighted by Crippen LogP contribution is -2.05. The van der Waals surface area contributed by atoms with Gasteiger partial charge in [-0.2, -0.15) is 0 Å². The molecule has 5 nitrogen and oxygen atoms in total. The molecule has 0 radical (unpaired) electrons. The second kappa shape index (κ2) is 2.39. The van der Waals surface area contributed by atoms with Gasteiger partial charge < -0.3 is 14.2 Å². The summed E-state index contributed by atoms with van der Waals surface area (Å²) in [5.74, 6) is 0. The minimum Gasteiger partial charge on any atom is -0.437 e. The fourth-order valence-electron chi connectivity index (χ4n) is 0.434. The van der Waals surface area contributed by atoms with Gasteiger partial charge in [0.15, 0.2) is 11.5 Å². The molecule has 56 valence electrons. The van der Waals surface area contributed by atoms with Gasteiger partial charge in [-0.05, 0) is 0 Å². The molecule has 0 aliphatic carbocycles. The Morgan fingerprint density at radius 2 is 2.30 bits per heavy atom. The monoisotopic (exact) mass is 181 g/mol. The molecule has 1 rings (SSSR count). The molecule has 0 atom stereocenters. The van der Waals surface area contributed by atoms with E-state index in [1.807, 2.05) is 0 Å². The van der Waals surface area contributed by atoms with Crippen molar-refractivity contribution in [1.29, 1.82) is 0 Å². The van der Waals surface area contributed by atoms with E-state index in [0.29, 0.717) is 0 Å². The van der Waals surface area contributed by atoms with Crippen molar-refractivity contribution in [3.63, 3.8) is 0 Å². The van der Waals surface area contributed by atoms with Crippen LogP contribution in [0.2, 0.25) is 0 Å². The van der Waals surface area contributed by atoms with Gasteiger partial charge in [-0.25, -0.2) is 4.98 Å². The Hall–Kier alpha value is -0.290. The summed E-state index contributed by atoms with van der Waals surface area (Å²) >= 11 is 3.62. The zero-order valence-electron chi connectivity index (χ0n) is 4.63. The largest absolute Gasteiger partial charge is 0.437 e. The molecule has 7 heteroatoms. The maximum atomic E-state index is 10.4. The quantitative estimate of drug-likeness (QED) is 0.411. The zero-order chi connectivity index (χ0) is 7.78. The van der Waals surface area contributed by atoms with Crippen molar-refractivity contribution in [3.8, 4) is 0 Å². The molecular formula is C3H4NO4PS. The second-order valence-corrected chi connectivity index (χ2v) is 3.44. The van der Waals surface area contributed by atoms with E-state index in [1.54, 1.807) is 0 Å². The van der Waals surface area contributed by atoms with Crippen LogP contribution in [0.15, 0.2) is 15.9 Å². The highest BCUT2D eigenvalue weighted by atomic mass is 32.1. The standard InChI is InChI=1S/C3H4NO4PS/c5-9(6,7)2-3(10)8-1-4-2/h1,10H,(H2,5,6,7). The summed E-state index contributed by atoms with van der Waals surface area (Å²) in [5, 5.41) is -0.145. The highest BCUT2D eigenvalue weighted by Crippen LogP contribution is 2.34. The molecule has 0 fully saturated rings. The van der Waals surface area contributed by atoms with Crippen LogP contribution >= 0.6 is 20.2 Å². The summed E-state index contributed by atoms with van der Waals surface area (Å²) in [5.41, 5.74) is -0.421. The number of nitrogens with zero attached hydrogens (tertiary/aromatic N) is 1. The molecule has 2 N–H and O–H groups in total. The van der Waals surface area contributed by atoms with Crippen LogP contribution in [0.4, 0.5) is 0 Å². The Labute approximate surface area is 61.7 Å². The smallest absolute Gasteiger partial charge is 0.379 e. The topological polar surface area (TPSA) is 83.6 Å². The molecule has 0 bridgehead atoms. The van der Waals surface area contributed by atoms with Gasteiger partial charge in [0, 0.05) is 0 Å². The van der Waals surface area contributed by atoms with Gasteiger partial charge in [0.2, 0.25) is 5.44 Å². The van der Waals surface area contributed by atoms with Crippen LogP contribution < -0.4 is 5.44 Å². The van der Waals surface area contributed by atoms with E-state index in [2.05, 4.69) is 22.0 Å². The fourth-order valence-corrected chi connectivity index (χ4v) is 1.43. The van der Waals surface area contributed by atoms with Crippen LogP contribution in [0.3, 0.4) is 0 Å². The third-order valence-corrected chi connectivity index (χ3v) is 2.17. The Morgan fingerprint density at radius 1 is 1.70 bits per heavy atom. The molecule has 0 amide bonds. The van der Waals surface area contributed by atoms with Gasteiger partial charge in [0.25, 0.3) is 0 Å². The van der Waals surface area contributed by atoms with Crippen molar-refractivity contribution < 1.29 is 18.8 Å². The first-order valence-corrected chi connectivity index (χ1v) is 4.26. The highest BCUT2D eigenvalue weighted by Gasteiger charge is 2.24. The fraction of sp³-hybridized carbons (Fsp3) is 0. The highest BCUT2D eigenvalue weighted by molar-refractivity contribution is 7.81. The first-order chi connectivity index (χ1) is 4.52. The number of rotatable bonds is 1. The molecule has 0 unspecified atom stereocenters. The van der Waals surface area contributed by atoms with Crippen LogP contribution in [0.25, 0.3) is 0 Å². The predicted octanol–water partition coefficient (Wildman–Crippen LogP) is -0.234. The van der Waals surface area contributed by atoms with Crippen LogP contribution in [0.1, 0.15) is 0 Å². The van der Waals surface area contributed by atoms with Crippen molar-refractivity contribution in [2.75, 3.05) is 0 Å². The summed E-state index contributed by atoms with van der Waals surface area (Å²) < 4.78 is 14.9. The molecular weight excluding hydrogens is 177 g/mol. The van der Waals surface area contributed by atoms with Crippen LogP contribution in [0.5, 0.6) is 0 Å². The third-order valence-electron chi connectivity index (χ3n) is 0.807. The molecule has 1 aromatic rings. The molecule has 0 saturated heterocycles. The Morgan fingerprint density at radius 3 is 2.50 bits per heavy atom. The number of thiol groups is 1. The maximum Gasteiger partial charge on any atom is 0.379 e. The van der Waals surface area contributed by atoms with Crippen molar-refractivity contribution in [1.82, 2.24) is 4.98 Å². The number of hydrogen-bond donors (Lipinski definition) is 3. The van der Waals surface area contributed by atoms with Gasteiger partial charge in [-0.1, -0.05) is 0 Å². The average molecular weight is 181 g/mol. The number of oxazole rings is 1. The van der Waals surface area contributed by atoms with Gasteiger partial charge in [-0.15, -0.1) is 12.6 Å². The Bertz CT molecular complexity index is 278. The van der Waals surface area contributed by atoms with Gasteiger partial charge in [-0.3, -0.25) is 4.57 Å². The summed E-state index contributed by atoms with van der Waals surface area (Å²) in [6, 6.07) is 0. The summed E-state index contributed by atoms with van der Waals surface area (Å²) in [6.45, 7) is 0. The molecule has 0 spiro atoms. The first kappa shape index (κ1) is 7.81. The van der Waals surface area contributed by atoms with Crippen molar-refractivity contribution in [2.24, 2.45) is 0 Å². The van der Waals surface area contributed by atoms with E-state index in [4.69, 9.17) is 9.79 Å². The Kier molecular flexibility index (Phi) is 1.87. The van der Waals surface area contributed by atoms with Crippen molar-refractivity contribution >= 4 is 25.7 Å². The average Bonchev–Trinajstić information content (AvgIpc) is 2.11.